The summed E-state index contributed by atoms with van der Waals surface area (Å²) in [5.41, 5.74) is 2.20. The van der Waals surface area contributed by atoms with Crippen LogP contribution in [0, 0.1) is 6.92 Å². The number of fused-ring (bicyclic) bond motifs is 1. The molecule has 0 saturated carbocycles. The Bertz CT molecular complexity index is 807. The molecule has 1 aliphatic heterocycles. The van der Waals surface area contributed by atoms with Gasteiger partial charge in [-0.05, 0) is 42.8 Å². The van der Waals surface area contributed by atoms with Crippen molar-refractivity contribution in [3.63, 3.8) is 0 Å². The highest BCUT2D eigenvalue weighted by molar-refractivity contribution is 6.30. The molecular formula is C18H17ClN2O3. The van der Waals surface area contributed by atoms with Crippen molar-refractivity contribution in [2.75, 3.05) is 16.8 Å². The first-order valence-corrected chi connectivity index (χ1v) is 7.94. The second kappa shape index (κ2) is 6.53. The number of amides is 2. The van der Waals surface area contributed by atoms with Crippen molar-refractivity contribution in [2.45, 2.75) is 20.0 Å². The molecule has 0 saturated heterocycles. The van der Waals surface area contributed by atoms with Gasteiger partial charge >= 0.3 is 0 Å². The number of ether oxygens (including phenoxy) is 1. The zero-order chi connectivity index (χ0) is 17.3. The van der Waals surface area contributed by atoms with Crippen LogP contribution in [0.4, 0.5) is 11.4 Å². The monoisotopic (exact) mass is 344 g/mol. The molecule has 1 unspecified atom stereocenters. The average molecular weight is 345 g/mol. The lowest BCUT2D eigenvalue weighted by Crippen LogP contribution is -2.48. The van der Waals surface area contributed by atoms with Crippen LogP contribution in [0.15, 0.2) is 42.5 Å². The summed E-state index contributed by atoms with van der Waals surface area (Å²) in [4.78, 5) is 26.0. The summed E-state index contributed by atoms with van der Waals surface area (Å²) in [6.45, 7) is 3.51. The zero-order valence-electron chi connectivity index (χ0n) is 13.4. The fourth-order valence-electron chi connectivity index (χ4n) is 2.65. The number of benzene rings is 2. The molecule has 0 bridgehead atoms. The van der Waals surface area contributed by atoms with Crippen LogP contribution in [-0.2, 0) is 9.59 Å². The Kier molecular flexibility index (Phi) is 4.44. The van der Waals surface area contributed by atoms with Crippen molar-refractivity contribution >= 4 is 34.8 Å². The molecule has 3 rings (SSSR count). The van der Waals surface area contributed by atoms with Gasteiger partial charge in [0, 0.05) is 17.6 Å². The van der Waals surface area contributed by atoms with E-state index in [1.807, 2.05) is 13.0 Å². The van der Waals surface area contributed by atoms with Crippen LogP contribution in [0.3, 0.4) is 0 Å². The highest BCUT2D eigenvalue weighted by atomic mass is 35.5. The molecule has 1 N–H and O–H groups in total. The molecule has 1 atom stereocenters. The predicted octanol–water partition coefficient (Wildman–Crippen LogP) is 3.40. The number of rotatable bonds is 2. The van der Waals surface area contributed by atoms with Crippen LogP contribution in [-0.4, -0.2) is 24.5 Å². The summed E-state index contributed by atoms with van der Waals surface area (Å²) in [5, 5.41) is 3.44. The van der Waals surface area contributed by atoms with Gasteiger partial charge in [-0.1, -0.05) is 23.7 Å². The highest BCUT2D eigenvalue weighted by Crippen LogP contribution is 2.33. The molecular weight excluding hydrogens is 328 g/mol. The van der Waals surface area contributed by atoms with Gasteiger partial charge in [-0.15, -0.1) is 0 Å². The molecule has 6 heteroatoms. The summed E-state index contributed by atoms with van der Waals surface area (Å²) >= 11 is 5.93. The third kappa shape index (κ3) is 3.21. The number of para-hydroxylation sites is 2. The number of hydrogen-bond acceptors (Lipinski definition) is 3. The van der Waals surface area contributed by atoms with Crippen LogP contribution < -0.4 is 15.0 Å². The van der Waals surface area contributed by atoms with Crippen molar-refractivity contribution in [3.8, 4) is 5.75 Å². The van der Waals surface area contributed by atoms with E-state index in [4.69, 9.17) is 16.3 Å². The fraction of sp³-hybridized carbons (Fsp3) is 0.222. The van der Waals surface area contributed by atoms with E-state index >= 15 is 0 Å². The van der Waals surface area contributed by atoms with E-state index < -0.39 is 6.10 Å². The van der Waals surface area contributed by atoms with Crippen molar-refractivity contribution in [3.05, 3.63) is 53.1 Å². The van der Waals surface area contributed by atoms with Crippen molar-refractivity contribution in [1.82, 2.24) is 0 Å². The van der Waals surface area contributed by atoms with Crippen LogP contribution in [0.1, 0.15) is 12.5 Å². The van der Waals surface area contributed by atoms with Gasteiger partial charge in [0.25, 0.3) is 5.91 Å². The molecule has 124 valence electrons. The number of carbonyl (C=O) groups excluding carboxylic acids is 2. The van der Waals surface area contributed by atoms with E-state index in [1.54, 1.807) is 41.3 Å². The van der Waals surface area contributed by atoms with E-state index in [9.17, 15) is 9.59 Å². The van der Waals surface area contributed by atoms with Crippen LogP contribution in [0.25, 0.3) is 0 Å². The number of anilines is 2. The SMILES string of the molecule is CC(=O)N1CC(C(=O)Nc2ccc(Cl)cc2C)Oc2ccccc21. The highest BCUT2D eigenvalue weighted by Gasteiger charge is 2.32. The summed E-state index contributed by atoms with van der Waals surface area (Å²) in [6.07, 6.45) is -0.779. The second-order valence-corrected chi connectivity index (χ2v) is 6.09. The number of nitrogens with one attached hydrogen (secondary N) is 1. The number of carbonyl (C=O) groups is 2. The largest absolute Gasteiger partial charge is 0.476 e. The Morgan fingerprint density at radius 2 is 2.00 bits per heavy atom. The van der Waals surface area contributed by atoms with Gasteiger partial charge in [0.15, 0.2) is 6.10 Å². The van der Waals surface area contributed by atoms with Gasteiger partial charge in [-0.2, -0.15) is 0 Å². The summed E-state index contributed by atoms with van der Waals surface area (Å²) in [5.74, 6) is 0.0827. The first-order chi connectivity index (χ1) is 11.5. The van der Waals surface area contributed by atoms with Gasteiger partial charge in [0.05, 0.1) is 12.2 Å². The van der Waals surface area contributed by atoms with Gasteiger partial charge in [0.2, 0.25) is 5.91 Å². The normalized spacial score (nSPS) is 16.1. The van der Waals surface area contributed by atoms with Gasteiger partial charge < -0.3 is 15.0 Å². The molecule has 2 aromatic carbocycles. The number of halogens is 1. The maximum absolute atomic E-state index is 12.6. The molecule has 5 nitrogen and oxygen atoms in total. The molecule has 2 amide bonds. The minimum absolute atomic E-state index is 0.133. The zero-order valence-corrected chi connectivity index (χ0v) is 14.1. The smallest absolute Gasteiger partial charge is 0.267 e. The van der Waals surface area contributed by atoms with Crippen LogP contribution in [0.5, 0.6) is 5.75 Å². The molecule has 0 aromatic heterocycles. The van der Waals surface area contributed by atoms with E-state index in [1.165, 1.54) is 6.92 Å². The van der Waals surface area contributed by atoms with Gasteiger partial charge in [0.1, 0.15) is 5.75 Å². The van der Waals surface area contributed by atoms with E-state index in [2.05, 4.69) is 5.32 Å². The Labute approximate surface area is 145 Å². The molecule has 24 heavy (non-hydrogen) atoms. The van der Waals surface area contributed by atoms with E-state index in [-0.39, 0.29) is 18.4 Å². The van der Waals surface area contributed by atoms with Crippen LogP contribution in [0.2, 0.25) is 5.02 Å². The minimum atomic E-state index is -0.779. The van der Waals surface area contributed by atoms with Crippen molar-refractivity contribution in [1.29, 1.82) is 0 Å². The second-order valence-electron chi connectivity index (χ2n) is 5.65. The predicted molar refractivity (Wildman–Crippen MR) is 93.7 cm³/mol. The summed E-state index contributed by atoms with van der Waals surface area (Å²) in [6, 6.07) is 12.4. The average Bonchev–Trinajstić information content (AvgIpc) is 2.56. The van der Waals surface area contributed by atoms with E-state index in [0.717, 1.165) is 5.56 Å². The molecule has 1 heterocycles. The van der Waals surface area contributed by atoms with Gasteiger partial charge in [-0.25, -0.2) is 0 Å². The Hall–Kier alpha value is -2.53. The van der Waals surface area contributed by atoms with Crippen molar-refractivity contribution < 1.29 is 14.3 Å². The number of aryl methyl sites for hydroxylation is 1. The van der Waals surface area contributed by atoms with Crippen molar-refractivity contribution in [2.24, 2.45) is 0 Å². The third-order valence-electron chi connectivity index (χ3n) is 3.89. The molecule has 2 aromatic rings. The Morgan fingerprint density at radius 3 is 2.71 bits per heavy atom. The number of hydrogen-bond donors (Lipinski definition) is 1. The standard InChI is InChI=1S/C18H17ClN2O3/c1-11-9-13(19)7-8-14(11)20-18(23)17-10-21(12(2)22)15-5-3-4-6-16(15)24-17/h3-9,17H,10H2,1-2H3,(H,20,23). The maximum Gasteiger partial charge on any atom is 0.267 e. The maximum atomic E-state index is 12.6. The lowest BCUT2D eigenvalue weighted by atomic mass is 10.1. The van der Waals surface area contributed by atoms with Crippen LogP contribution >= 0.6 is 11.6 Å². The molecule has 0 spiro atoms. The first-order valence-electron chi connectivity index (χ1n) is 7.56. The fourth-order valence-corrected chi connectivity index (χ4v) is 2.88. The lowest BCUT2D eigenvalue weighted by molar-refractivity contribution is -0.123. The molecule has 1 aliphatic rings. The summed E-state index contributed by atoms with van der Waals surface area (Å²) < 4.78 is 5.78. The Balaban J connectivity index is 1.82. The van der Waals surface area contributed by atoms with Gasteiger partial charge in [-0.3, -0.25) is 9.59 Å². The third-order valence-corrected chi connectivity index (χ3v) is 4.13. The molecule has 0 radical (unpaired) electrons. The number of nitrogens with zero attached hydrogens (tertiary/aromatic N) is 1. The molecule has 0 aliphatic carbocycles. The molecule has 0 fully saturated rings. The summed E-state index contributed by atoms with van der Waals surface area (Å²) in [7, 11) is 0. The quantitative estimate of drug-likeness (QED) is 0.908. The Morgan fingerprint density at radius 1 is 1.25 bits per heavy atom. The first kappa shape index (κ1) is 16.3. The van der Waals surface area contributed by atoms with E-state index in [0.29, 0.717) is 22.1 Å². The lowest BCUT2D eigenvalue weighted by Gasteiger charge is -2.33. The minimum Gasteiger partial charge on any atom is -0.476 e. The topological polar surface area (TPSA) is 58.6 Å².